The minimum absolute atomic E-state index is 0.233. The lowest BCUT2D eigenvalue weighted by Gasteiger charge is -2.13. The molecule has 2 rings (SSSR count). The van der Waals surface area contributed by atoms with Crippen molar-refractivity contribution in [2.45, 2.75) is 19.4 Å². The molecule has 0 amide bonds. The summed E-state index contributed by atoms with van der Waals surface area (Å²) in [5, 5.41) is 7.61. The lowest BCUT2D eigenvalue weighted by atomic mass is 10.2. The molecule has 0 aliphatic rings. The second kappa shape index (κ2) is 5.46. The highest BCUT2D eigenvalue weighted by molar-refractivity contribution is 9.10. The molecule has 0 saturated heterocycles. The summed E-state index contributed by atoms with van der Waals surface area (Å²) in [5.41, 5.74) is 0.808. The van der Waals surface area contributed by atoms with Crippen LogP contribution in [0, 0.1) is 0 Å². The Labute approximate surface area is 108 Å². The van der Waals surface area contributed by atoms with Gasteiger partial charge in [0.2, 0.25) is 5.95 Å². The number of rotatable bonds is 5. The van der Waals surface area contributed by atoms with E-state index in [0.29, 0.717) is 12.6 Å². The van der Waals surface area contributed by atoms with Gasteiger partial charge >= 0.3 is 0 Å². The van der Waals surface area contributed by atoms with Gasteiger partial charge in [-0.25, -0.2) is 4.52 Å². The SMILES string of the molecule is CCC(COC)Nc1nc2c(Br)cccn2n1. The van der Waals surface area contributed by atoms with Gasteiger partial charge in [0.15, 0.2) is 5.65 Å². The summed E-state index contributed by atoms with van der Waals surface area (Å²) in [4.78, 5) is 4.42. The van der Waals surface area contributed by atoms with Gasteiger partial charge in [0.1, 0.15) is 0 Å². The highest BCUT2D eigenvalue weighted by atomic mass is 79.9. The number of hydrogen-bond acceptors (Lipinski definition) is 4. The fraction of sp³-hybridized carbons (Fsp3) is 0.455. The predicted molar refractivity (Wildman–Crippen MR) is 70.3 cm³/mol. The third-order valence-electron chi connectivity index (χ3n) is 2.51. The lowest BCUT2D eigenvalue weighted by Crippen LogP contribution is -2.24. The van der Waals surface area contributed by atoms with Crippen LogP contribution in [0.1, 0.15) is 13.3 Å². The minimum atomic E-state index is 0.233. The van der Waals surface area contributed by atoms with Gasteiger partial charge in [-0.2, -0.15) is 4.98 Å². The van der Waals surface area contributed by atoms with Gasteiger partial charge in [0.05, 0.1) is 17.1 Å². The minimum Gasteiger partial charge on any atom is -0.383 e. The van der Waals surface area contributed by atoms with E-state index in [4.69, 9.17) is 4.74 Å². The Morgan fingerprint density at radius 3 is 3.06 bits per heavy atom. The van der Waals surface area contributed by atoms with Crippen molar-refractivity contribution in [3.05, 3.63) is 22.8 Å². The molecule has 0 spiro atoms. The summed E-state index contributed by atoms with van der Waals surface area (Å²) in [6, 6.07) is 4.10. The molecular weight excluding hydrogens is 284 g/mol. The highest BCUT2D eigenvalue weighted by Crippen LogP contribution is 2.17. The van der Waals surface area contributed by atoms with E-state index in [1.807, 2.05) is 18.3 Å². The monoisotopic (exact) mass is 298 g/mol. The van der Waals surface area contributed by atoms with Gasteiger partial charge in [-0.05, 0) is 34.5 Å². The third-order valence-corrected chi connectivity index (χ3v) is 3.13. The van der Waals surface area contributed by atoms with Crippen LogP contribution in [0.15, 0.2) is 22.8 Å². The Morgan fingerprint density at radius 1 is 1.59 bits per heavy atom. The van der Waals surface area contributed by atoms with Crippen molar-refractivity contribution in [1.29, 1.82) is 0 Å². The van der Waals surface area contributed by atoms with Gasteiger partial charge in [-0.15, -0.1) is 5.10 Å². The van der Waals surface area contributed by atoms with E-state index >= 15 is 0 Å². The fourth-order valence-electron chi connectivity index (χ4n) is 1.58. The Kier molecular flexibility index (Phi) is 3.96. The number of hydrogen-bond donors (Lipinski definition) is 1. The Balaban J connectivity index is 2.21. The maximum absolute atomic E-state index is 5.13. The maximum Gasteiger partial charge on any atom is 0.243 e. The largest absolute Gasteiger partial charge is 0.383 e. The molecule has 0 fully saturated rings. The van der Waals surface area contributed by atoms with Gasteiger partial charge < -0.3 is 10.1 Å². The van der Waals surface area contributed by atoms with E-state index in [0.717, 1.165) is 16.5 Å². The molecule has 0 radical (unpaired) electrons. The number of halogens is 1. The van der Waals surface area contributed by atoms with Crippen molar-refractivity contribution in [3.63, 3.8) is 0 Å². The zero-order valence-electron chi connectivity index (χ0n) is 9.85. The zero-order valence-corrected chi connectivity index (χ0v) is 11.4. The van der Waals surface area contributed by atoms with Crippen LogP contribution in [0.3, 0.4) is 0 Å². The van der Waals surface area contributed by atoms with Crippen LogP contribution in [-0.4, -0.2) is 34.4 Å². The molecule has 2 heterocycles. The van der Waals surface area contributed by atoms with Crippen LogP contribution >= 0.6 is 15.9 Å². The summed E-state index contributed by atoms with van der Waals surface area (Å²) in [6.07, 6.45) is 2.83. The molecule has 0 aromatic carbocycles. The molecule has 0 bridgehead atoms. The molecule has 17 heavy (non-hydrogen) atoms. The van der Waals surface area contributed by atoms with Crippen LogP contribution < -0.4 is 5.32 Å². The summed E-state index contributed by atoms with van der Waals surface area (Å²) < 4.78 is 7.80. The van der Waals surface area contributed by atoms with Gasteiger partial charge in [-0.3, -0.25) is 0 Å². The molecule has 2 aromatic rings. The summed E-state index contributed by atoms with van der Waals surface area (Å²) >= 11 is 3.45. The standard InChI is InChI=1S/C11H15BrN4O/c1-3-8(7-17-2)13-11-14-10-9(12)5-4-6-16(10)15-11/h4-6,8H,3,7H2,1-2H3,(H,13,15). The van der Waals surface area contributed by atoms with Crippen molar-refractivity contribution in [2.75, 3.05) is 19.0 Å². The Morgan fingerprint density at radius 2 is 2.41 bits per heavy atom. The number of anilines is 1. The summed E-state index contributed by atoms with van der Waals surface area (Å²) in [6.45, 7) is 2.75. The molecule has 0 saturated carbocycles. The van der Waals surface area contributed by atoms with E-state index in [2.05, 4.69) is 38.3 Å². The van der Waals surface area contributed by atoms with Gasteiger partial charge in [-0.1, -0.05) is 6.92 Å². The quantitative estimate of drug-likeness (QED) is 0.920. The molecule has 6 heteroatoms. The van der Waals surface area contributed by atoms with Crippen molar-refractivity contribution in [1.82, 2.24) is 14.6 Å². The number of pyridine rings is 1. The van der Waals surface area contributed by atoms with E-state index < -0.39 is 0 Å². The van der Waals surface area contributed by atoms with Gasteiger partial charge in [0, 0.05) is 13.3 Å². The second-order valence-electron chi connectivity index (χ2n) is 3.76. The third kappa shape index (κ3) is 2.76. The van der Waals surface area contributed by atoms with Crippen LogP contribution in [0.4, 0.5) is 5.95 Å². The lowest BCUT2D eigenvalue weighted by molar-refractivity contribution is 0.184. The number of ether oxygens (including phenoxy) is 1. The topological polar surface area (TPSA) is 51.5 Å². The molecule has 5 nitrogen and oxygen atoms in total. The smallest absolute Gasteiger partial charge is 0.243 e. The molecule has 92 valence electrons. The number of methoxy groups -OCH3 is 1. The van der Waals surface area contributed by atoms with Gasteiger partial charge in [0.25, 0.3) is 0 Å². The summed E-state index contributed by atoms with van der Waals surface area (Å²) in [5.74, 6) is 0.626. The fourth-order valence-corrected chi connectivity index (χ4v) is 2.00. The molecule has 1 N–H and O–H groups in total. The molecular formula is C11H15BrN4O. The van der Waals surface area contributed by atoms with Crippen molar-refractivity contribution in [2.24, 2.45) is 0 Å². The van der Waals surface area contributed by atoms with Crippen LogP contribution in [0.2, 0.25) is 0 Å². The molecule has 2 aromatic heterocycles. The number of fused-ring (bicyclic) bond motifs is 1. The zero-order chi connectivity index (χ0) is 12.3. The van der Waals surface area contributed by atoms with E-state index in [9.17, 15) is 0 Å². The first-order chi connectivity index (χ1) is 8.24. The molecule has 0 aliphatic heterocycles. The van der Waals surface area contributed by atoms with E-state index in [1.54, 1.807) is 11.6 Å². The molecule has 0 aliphatic carbocycles. The Bertz CT molecular complexity index is 499. The highest BCUT2D eigenvalue weighted by Gasteiger charge is 2.10. The Hall–Kier alpha value is -1.14. The number of nitrogens with one attached hydrogen (secondary N) is 1. The van der Waals surface area contributed by atoms with Crippen LogP contribution in [0.25, 0.3) is 5.65 Å². The predicted octanol–water partition coefficient (Wildman–Crippen LogP) is 2.33. The molecule has 1 atom stereocenters. The normalized spacial score (nSPS) is 12.9. The van der Waals surface area contributed by atoms with Crippen molar-refractivity contribution in [3.8, 4) is 0 Å². The first kappa shape index (κ1) is 12.3. The van der Waals surface area contributed by atoms with Crippen molar-refractivity contribution < 1.29 is 4.74 Å². The average Bonchev–Trinajstić information content (AvgIpc) is 2.72. The van der Waals surface area contributed by atoms with Crippen LogP contribution in [-0.2, 0) is 4.74 Å². The number of aromatic nitrogens is 3. The van der Waals surface area contributed by atoms with E-state index in [-0.39, 0.29) is 6.04 Å². The molecule has 1 unspecified atom stereocenters. The van der Waals surface area contributed by atoms with Crippen LogP contribution in [0.5, 0.6) is 0 Å². The number of nitrogens with zero attached hydrogens (tertiary/aromatic N) is 3. The van der Waals surface area contributed by atoms with E-state index in [1.165, 1.54) is 0 Å². The summed E-state index contributed by atoms with van der Waals surface area (Å²) in [7, 11) is 1.69. The first-order valence-electron chi connectivity index (χ1n) is 5.51. The second-order valence-corrected chi connectivity index (χ2v) is 4.62. The first-order valence-corrected chi connectivity index (χ1v) is 6.30. The van der Waals surface area contributed by atoms with Crippen molar-refractivity contribution >= 4 is 27.5 Å². The maximum atomic E-state index is 5.13. The average molecular weight is 299 g/mol.